The highest BCUT2D eigenvalue weighted by Crippen LogP contribution is 2.37. The van der Waals surface area contributed by atoms with Crippen molar-refractivity contribution in [3.63, 3.8) is 0 Å². The molecule has 1 aromatic carbocycles. The molecule has 1 aromatic heterocycles. The number of carbonyl (C=O) groups is 2. The van der Waals surface area contributed by atoms with E-state index < -0.39 is 0 Å². The lowest BCUT2D eigenvalue weighted by Gasteiger charge is -2.52. The van der Waals surface area contributed by atoms with Gasteiger partial charge in [0.15, 0.2) is 0 Å². The minimum absolute atomic E-state index is 0.0590. The van der Waals surface area contributed by atoms with Crippen LogP contribution in [0.3, 0.4) is 0 Å². The lowest BCUT2D eigenvalue weighted by atomic mass is 9.79. The van der Waals surface area contributed by atoms with Crippen molar-refractivity contribution in [1.82, 2.24) is 14.8 Å². The Balaban J connectivity index is 1.59. The molecule has 0 radical (unpaired) electrons. The molecular weight excluding hydrogens is 326 g/mol. The first-order valence-electron chi connectivity index (χ1n) is 9.41. The molecule has 5 heteroatoms. The molecule has 1 atom stereocenters. The molecule has 2 fully saturated rings. The van der Waals surface area contributed by atoms with E-state index >= 15 is 0 Å². The van der Waals surface area contributed by atoms with Gasteiger partial charge in [-0.05, 0) is 49.9 Å². The minimum Gasteiger partial charge on any atom is -0.361 e. The summed E-state index contributed by atoms with van der Waals surface area (Å²) >= 11 is 0. The first-order chi connectivity index (χ1) is 12.6. The van der Waals surface area contributed by atoms with Crippen LogP contribution >= 0.6 is 0 Å². The first kappa shape index (κ1) is 16.9. The number of hydrogen-bond donors (Lipinski definition) is 1. The van der Waals surface area contributed by atoms with E-state index in [1.807, 2.05) is 40.3 Å². The van der Waals surface area contributed by atoms with Crippen molar-refractivity contribution >= 4 is 22.7 Å². The number of nitrogens with one attached hydrogen (secondary N) is 1. The topological polar surface area (TPSA) is 56.4 Å². The number of aromatic nitrogens is 1. The molecule has 2 aliphatic rings. The van der Waals surface area contributed by atoms with Crippen LogP contribution in [0, 0.1) is 0 Å². The number of likely N-dealkylation sites (tertiary alicyclic amines) is 2. The van der Waals surface area contributed by atoms with Gasteiger partial charge >= 0.3 is 0 Å². The lowest BCUT2D eigenvalue weighted by Crippen LogP contribution is -2.63. The number of fused-ring (bicyclic) bond motifs is 1. The van der Waals surface area contributed by atoms with E-state index in [-0.39, 0.29) is 17.4 Å². The van der Waals surface area contributed by atoms with E-state index in [1.165, 1.54) is 0 Å². The Labute approximate surface area is 153 Å². The van der Waals surface area contributed by atoms with Crippen LogP contribution in [0.4, 0.5) is 0 Å². The zero-order chi connectivity index (χ0) is 18.1. The summed E-state index contributed by atoms with van der Waals surface area (Å²) in [6, 6.07) is 7.77. The summed E-state index contributed by atoms with van der Waals surface area (Å²) in [4.78, 5) is 32.7. The molecule has 2 saturated heterocycles. The molecule has 4 rings (SSSR count). The Hall–Kier alpha value is -2.56. The predicted octanol–water partition coefficient (Wildman–Crippen LogP) is 3.34. The zero-order valence-corrected chi connectivity index (χ0v) is 15.0. The Morgan fingerprint density at radius 2 is 2.12 bits per heavy atom. The fourth-order valence-corrected chi connectivity index (χ4v) is 4.61. The fraction of sp³-hybridized carbons (Fsp3) is 0.429. The fourth-order valence-electron chi connectivity index (χ4n) is 4.61. The van der Waals surface area contributed by atoms with Crippen molar-refractivity contribution in [2.45, 2.75) is 37.6 Å². The van der Waals surface area contributed by atoms with Crippen LogP contribution in [0.1, 0.15) is 42.5 Å². The molecule has 1 N–H and O–H groups in total. The Kier molecular flexibility index (Phi) is 4.31. The Bertz CT molecular complexity index is 852. The van der Waals surface area contributed by atoms with Crippen molar-refractivity contribution in [1.29, 1.82) is 0 Å². The van der Waals surface area contributed by atoms with Gasteiger partial charge in [-0.2, -0.15) is 0 Å². The predicted molar refractivity (Wildman–Crippen MR) is 102 cm³/mol. The largest absolute Gasteiger partial charge is 0.361 e. The lowest BCUT2D eigenvalue weighted by molar-refractivity contribution is -0.143. The van der Waals surface area contributed by atoms with Crippen molar-refractivity contribution in [2.24, 2.45) is 0 Å². The van der Waals surface area contributed by atoms with E-state index in [0.29, 0.717) is 25.1 Å². The Morgan fingerprint density at radius 3 is 2.96 bits per heavy atom. The molecular formula is C21H25N3O2. The average Bonchev–Trinajstić information content (AvgIpc) is 3.12. The van der Waals surface area contributed by atoms with Gasteiger partial charge in [0.05, 0.1) is 5.54 Å². The van der Waals surface area contributed by atoms with Crippen LogP contribution in [0.5, 0.6) is 0 Å². The summed E-state index contributed by atoms with van der Waals surface area (Å²) in [6.07, 6.45) is 8.05. The molecule has 1 unspecified atom stereocenters. The van der Waals surface area contributed by atoms with E-state index in [4.69, 9.17) is 0 Å². The molecule has 26 heavy (non-hydrogen) atoms. The number of piperidine rings is 2. The average molecular weight is 351 g/mol. The Morgan fingerprint density at radius 1 is 1.27 bits per heavy atom. The van der Waals surface area contributed by atoms with Crippen molar-refractivity contribution < 1.29 is 9.59 Å². The molecule has 2 aliphatic heterocycles. The monoisotopic (exact) mass is 351 g/mol. The number of benzene rings is 1. The van der Waals surface area contributed by atoms with Gasteiger partial charge in [-0.15, -0.1) is 6.58 Å². The van der Waals surface area contributed by atoms with Crippen LogP contribution < -0.4 is 0 Å². The highest BCUT2D eigenvalue weighted by Gasteiger charge is 2.45. The maximum atomic E-state index is 13.1. The normalized spacial score (nSPS) is 23.6. The summed E-state index contributed by atoms with van der Waals surface area (Å²) in [7, 11) is 0. The number of aromatic amines is 1. The van der Waals surface area contributed by atoms with Gasteiger partial charge in [0, 0.05) is 48.7 Å². The number of nitrogens with zero attached hydrogens (tertiary/aromatic N) is 2. The molecule has 2 aromatic rings. The van der Waals surface area contributed by atoms with Gasteiger partial charge in [-0.3, -0.25) is 9.59 Å². The second kappa shape index (κ2) is 6.63. The van der Waals surface area contributed by atoms with E-state index in [9.17, 15) is 9.59 Å². The van der Waals surface area contributed by atoms with Crippen molar-refractivity contribution in [3.05, 3.63) is 48.7 Å². The van der Waals surface area contributed by atoms with Gasteiger partial charge in [-0.1, -0.05) is 6.08 Å². The first-order valence-corrected chi connectivity index (χ1v) is 9.41. The maximum Gasteiger partial charge on any atom is 0.253 e. The summed E-state index contributed by atoms with van der Waals surface area (Å²) in [5, 5.41) is 1.05. The third kappa shape index (κ3) is 2.81. The highest BCUT2D eigenvalue weighted by molar-refractivity contribution is 5.98. The molecule has 136 valence electrons. The van der Waals surface area contributed by atoms with Crippen LogP contribution in [-0.4, -0.2) is 51.8 Å². The number of hydrogen-bond acceptors (Lipinski definition) is 2. The SMILES string of the molecule is C=CCN1C(=O)CCCC12CCCN(C(=O)c1ccc3[nH]ccc3c1)C2. The summed E-state index contributed by atoms with van der Waals surface area (Å²) in [5.74, 6) is 0.253. The number of H-pyrrole nitrogens is 1. The second-order valence-corrected chi connectivity index (χ2v) is 7.48. The summed E-state index contributed by atoms with van der Waals surface area (Å²) in [6.45, 7) is 5.75. The molecule has 0 saturated carbocycles. The molecule has 0 bridgehead atoms. The highest BCUT2D eigenvalue weighted by atomic mass is 16.2. The van der Waals surface area contributed by atoms with Crippen molar-refractivity contribution in [2.75, 3.05) is 19.6 Å². The third-order valence-corrected chi connectivity index (χ3v) is 5.86. The second-order valence-electron chi connectivity index (χ2n) is 7.48. The van der Waals surface area contributed by atoms with Gasteiger partial charge < -0.3 is 14.8 Å². The van der Waals surface area contributed by atoms with Crippen LogP contribution in [-0.2, 0) is 4.79 Å². The molecule has 3 heterocycles. The van der Waals surface area contributed by atoms with Gasteiger partial charge in [0.25, 0.3) is 5.91 Å². The van der Waals surface area contributed by atoms with Gasteiger partial charge in [0.2, 0.25) is 5.91 Å². The number of amides is 2. The number of rotatable bonds is 3. The van der Waals surface area contributed by atoms with E-state index in [2.05, 4.69) is 11.6 Å². The van der Waals surface area contributed by atoms with Crippen LogP contribution in [0.25, 0.3) is 10.9 Å². The summed E-state index contributed by atoms with van der Waals surface area (Å²) in [5.41, 5.74) is 1.52. The third-order valence-electron chi connectivity index (χ3n) is 5.86. The minimum atomic E-state index is -0.227. The van der Waals surface area contributed by atoms with Gasteiger partial charge in [-0.25, -0.2) is 0 Å². The molecule has 0 aliphatic carbocycles. The van der Waals surface area contributed by atoms with Crippen molar-refractivity contribution in [3.8, 4) is 0 Å². The standard InChI is InChI=1S/C21H25N3O2/c1-2-12-24-19(25)5-3-9-21(24)10-4-13-23(15-21)20(26)17-6-7-18-16(14-17)8-11-22-18/h2,6-8,11,14,22H,1,3-5,9-10,12-13,15H2. The smallest absolute Gasteiger partial charge is 0.253 e. The van der Waals surface area contributed by atoms with E-state index in [0.717, 1.165) is 43.1 Å². The number of carbonyl (C=O) groups excluding carboxylic acids is 2. The quantitative estimate of drug-likeness (QED) is 0.862. The van der Waals surface area contributed by atoms with Crippen LogP contribution in [0.2, 0.25) is 0 Å². The zero-order valence-electron chi connectivity index (χ0n) is 15.0. The molecule has 1 spiro atoms. The van der Waals surface area contributed by atoms with Crippen LogP contribution in [0.15, 0.2) is 43.1 Å². The molecule has 5 nitrogen and oxygen atoms in total. The molecule has 2 amide bonds. The summed E-state index contributed by atoms with van der Waals surface area (Å²) < 4.78 is 0. The van der Waals surface area contributed by atoms with Gasteiger partial charge in [0.1, 0.15) is 0 Å². The maximum absolute atomic E-state index is 13.1. The van der Waals surface area contributed by atoms with E-state index in [1.54, 1.807) is 6.08 Å².